The number of fused-ring (bicyclic) bond motifs is 1. The molecule has 1 saturated heterocycles. The van der Waals surface area contributed by atoms with E-state index in [2.05, 4.69) is 17.4 Å². The molecule has 7 heteroatoms. The molecule has 2 aromatic heterocycles. The fourth-order valence-electron chi connectivity index (χ4n) is 4.76. The van der Waals surface area contributed by atoms with E-state index in [1.165, 1.54) is 5.56 Å². The number of carboxylic acid groups (broad SMARTS) is 1. The van der Waals surface area contributed by atoms with Crippen LogP contribution >= 0.6 is 0 Å². The molecular weight excluding hydrogens is 404 g/mol. The van der Waals surface area contributed by atoms with E-state index in [0.717, 1.165) is 61.4 Å². The number of anilines is 1. The average molecular weight is 433 g/mol. The number of benzene rings is 1. The zero-order valence-electron chi connectivity index (χ0n) is 18.0. The number of aromatic nitrogens is 2. The van der Waals surface area contributed by atoms with Crippen LogP contribution in [0.2, 0.25) is 0 Å². The van der Waals surface area contributed by atoms with Crippen molar-refractivity contribution in [3.05, 3.63) is 77.1 Å². The number of carboxylic acids is 1. The molecule has 166 valence electrons. The molecule has 0 amide bonds. The lowest BCUT2D eigenvalue weighted by atomic mass is 10.1. The van der Waals surface area contributed by atoms with Crippen LogP contribution in [0, 0.1) is 0 Å². The zero-order chi connectivity index (χ0) is 21.9. The van der Waals surface area contributed by atoms with E-state index in [0.29, 0.717) is 19.0 Å². The van der Waals surface area contributed by atoms with Crippen molar-refractivity contribution in [2.24, 2.45) is 0 Å². The van der Waals surface area contributed by atoms with Crippen molar-refractivity contribution in [3.8, 4) is 0 Å². The van der Waals surface area contributed by atoms with Crippen molar-refractivity contribution in [1.29, 1.82) is 0 Å². The standard InChI is InChI=1S/C25H28N4O3/c30-25(31)22(17-5-2-1-3-6-17)29-14-12-19(15-29)24-28-21(16-32-24)11-10-20-9-8-18-7-4-13-26-23(18)27-20/h1-3,5-6,8-9,16,19,22H,4,7,10-15H2,(H,26,27)(H,30,31)/t19?,22-/m0/s1. The van der Waals surface area contributed by atoms with Crippen molar-refractivity contribution >= 4 is 11.8 Å². The van der Waals surface area contributed by atoms with Gasteiger partial charge in [-0.1, -0.05) is 36.4 Å². The summed E-state index contributed by atoms with van der Waals surface area (Å²) in [6.45, 7) is 2.33. The summed E-state index contributed by atoms with van der Waals surface area (Å²) >= 11 is 0. The molecule has 0 bridgehead atoms. The van der Waals surface area contributed by atoms with Crippen LogP contribution in [0.4, 0.5) is 5.82 Å². The molecule has 2 aliphatic rings. The molecule has 1 aromatic carbocycles. The molecule has 32 heavy (non-hydrogen) atoms. The quantitative estimate of drug-likeness (QED) is 0.586. The second-order valence-electron chi connectivity index (χ2n) is 8.65. The number of aliphatic carboxylic acids is 1. The predicted octanol–water partition coefficient (Wildman–Crippen LogP) is 3.83. The Bertz CT molecular complexity index is 1080. The number of pyridine rings is 1. The summed E-state index contributed by atoms with van der Waals surface area (Å²) in [6, 6.07) is 13.1. The van der Waals surface area contributed by atoms with Crippen molar-refractivity contribution in [3.63, 3.8) is 0 Å². The van der Waals surface area contributed by atoms with Crippen LogP contribution in [-0.2, 0) is 24.1 Å². The highest BCUT2D eigenvalue weighted by molar-refractivity contribution is 5.75. The van der Waals surface area contributed by atoms with E-state index in [-0.39, 0.29) is 5.92 Å². The lowest BCUT2D eigenvalue weighted by Crippen LogP contribution is -2.32. The maximum absolute atomic E-state index is 12.0. The van der Waals surface area contributed by atoms with Crippen LogP contribution in [0.5, 0.6) is 0 Å². The number of hydrogen-bond acceptors (Lipinski definition) is 6. The minimum absolute atomic E-state index is 0.111. The fourth-order valence-corrected chi connectivity index (χ4v) is 4.76. The van der Waals surface area contributed by atoms with Gasteiger partial charge in [-0.3, -0.25) is 9.69 Å². The first-order chi connectivity index (χ1) is 15.7. The number of nitrogens with zero attached hydrogens (tertiary/aromatic N) is 3. The second kappa shape index (κ2) is 9.12. The van der Waals surface area contributed by atoms with Crippen LogP contribution in [0.25, 0.3) is 0 Å². The third kappa shape index (κ3) is 4.39. The van der Waals surface area contributed by atoms with Crippen molar-refractivity contribution in [2.45, 2.75) is 44.1 Å². The van der Waals surface area contributed by atoms with Crippen LogP contribution in [0.1, 0.15) is 53.2 Å². The first-order valence-electron chi connectivity index (χ1n) is 11.4. The van der Waals surface area contributed by atoms with E-state index >= 15 is 0 Å². The second-order valence-corrected chi connectivity index (χ2v) is 8.65. The predicted molar refractivity (Wildman–Crippen MR) is 121 cm³/mol. The normalized spacial score (nSPS) is 19.3. The van der Waals surface area contributed by atoms with E-state index in [1.807, 2.05) is 35.2 Å². The maximum Gasteiger partial charge on any atom is 0.325 e. The Morgan fingerprint density at radius 2 is 2.00 bits per heavy atom. The van der Waals surface area contributed by atoms with E-state index in [4.69, 9.17) is 14.4 Å². The first-order valence-corrected chi connectivity index (χ1v) is 11.4. The van der Waals surface area contributed by atoms with Gasteiger partial charge in [0, 0.05) is 31.2 Å². The number of carbonyl (C=O) groups is 1. The Balaban J connectivity index is 1.21. The summed E-state index contributed by atoms with van der Waals surface area (Å²) in [5.41, 5.74) is 4.08. The molecule has 4 heterocycles. The Morgan fingerprint density at radius 1 is 1.16 bits per heavy atom. The molecule has 2 atom stereocenters. The third-order valence-corrected chi connectivity index (χ3v) is 6.44. The number of likely N-dealkylation sites (tertiary alicyclic amines) is 1. The molecule has 2 aliphatic heterocycles. The van der Waals surface area contributed by atoms with Gasteiger partial charge < -0.3 is 14.8 Å². The monoisotopic (exact) mass is 432 g/mol. The largest absolute Gasteiger partial charge is 0.480 e. The summed E-state index contributed by atoms with van der Waals surface area (Å²) in [5, 5.41) is 13.2. The molecule has 0 spiro atoms. The Kier molecular flexibility index (Phi) is 5.90. The number of aryl methyl sites for hydroxylation is 3. The van der Waals surface area contributed by atoms with Gasteiger partial charge in [-0.15, -0.1) is 0 Å². The lowest BCUT2D eigenvalue weighted by Gasteiger charge is -2.24. The zero-order valence-corrected chi connectivity index (χ0v) is 18.0. The summed E-state index contributed by atoms with van der Waals surface area (Å²) in [5.74, 6) is 1.02. The first kappa shape index (κ1) is 20.7. The van der Waals surface area contributed by atoms with Crippen LogP contribution in [0.3, 0.4) is 0 Å². The summed E-state index contributed by atoms with van der Waals surface area (Å²) in [6.07, 6.45) is 6.41. The van der Waals surface area contributed by atoms with Gasteiger partial charge >= 0.3 is 5.97 Å². The van der Waals surface area contributed by atoms with Crippen LogP contribution in [-0.4, -0.2) is 45.6 Å². The molecule has 5 rings (SSSR count). The molecule has 1 fully saturated rings. The highest BCUT2D eigenvalue weighted by atomic mass is 16.4. The Hall–Kier alpha value is -3.19. The van der Waals surface area contributed by atoms with Gasteiger partial charge in [0.1, 0.15) is 18.1 Å². The van der Waals surface area contributed by atoms with Gasteiger partial charge in [0.05, 0.1) is 5.69 Å². The van der Waals surface area contributed by atoms with Gasteiger partial charge in [0.2, 0.25) is 0 Å². The lowest BCUT2D eigenvalue weighted by molar-refractivity contribution is -0.143. The van der Waals surface area contributed by atoms with Gasteiger partial charge in [0.15, 0.2) is 5.89 Å². The van der Waals surface area contributed by atoms with E-state index in [9.17, 15) is 9.90 Å². The topological polar surface area (TPSA) is 91.5 Å². The third-order valence-electron chi connectivity index (χ3n) is 6.44. The molecule has 7 nitrogen and oxygen atoms in total. The summed E-state index contributed by atoms with van der Waals surface area (Å²) in [7, 11) is 0. The fraction of sp³-hybridized carbons (Fsp3) is 0.400. The SMILES string of the molecule is O=C(O)[C@H](c1ccccc1)N1CCC(c2nc(CCc3ccc4c(n3)NCCC4)co2)C1. The van der Waals surface area contributed by atoms with Crippen molar-refractivity contribution in [2.75, 3.05) is 25.0 Å². The molecule has 3 aromatic rings. The molecule has 0 aliphatic carbocycles. The summed E-state index contributed by atoms with van der Waals surface area (Å²) in [4.78, 5) is 23.4. The highest BCUT2D eigenvalue weighted by Gasteiger charge is 2.35. The minimum atomic E-state index is -0.822. The van der Waals surface area contributed by atoms with Crippen molar-refractivity contribution < 1.29 is 14.3 Å². The molecule has 1 unspecified atom stereocenters. The number of nitrogens with one attached hydrogen (secondary N) is 1. The minimum Gasteiger partial charge on any atom is -0.480 e. The highest BCUT2D eigenvalue weighted by Crippen LogP contribution is 2.33. The van der Waals surface area contributed by atoms with Crippen LogP contribution < -0.4 is 5.32 Å². The Labute approximate surface area is 187 Å². The smallest absolute Gasteiger partial charge is 0.325 e. The van der Waals surface area contributed by atoms with Crippen molar-refractivity contribution in [1.82, 2.24) is 14.9 Å². The Morgan fingerprint density at radius 3 is 2.84 bits per heavy atom. The van der Waals surface area contributed by atoms with Gasteiger partial charge in [-0.25, -0.2) is 9.97 Å². The maximum atomic E-state index is 12.0. The van der Waals surface area contributed by atoms with E-state index < -0.39 is 12.0 Å². The van der Waals surface area contributed by atoms with Gasteiger partial charge in [0.25, 0.3) is 0 Å². The van der Waals surface area contributed by atoms with Gasteiger partial charge in [-0.05, 0) is 49.3 Å². The number of hydrogen-bond donors (Lipinski definition) is 2. The number of oxazole rings is 1. The molecule has 0 radical (unpaired) electrons. The average Bonchev–Trinajstić information content (AvgIpc) is 3.48. The summed E-state index contributed by atoms with van der Waals surface area (Å²) < 4.78 is 5.80. The van der Waals surface area contributed by atoms with E-state index in [1.54, 1.807) is 6.26 Å². The van der Waals surface area contributed by atoms with Gasteiger partial charge in [-0.2, -0.15) is 0 Å². The molecular formula is C25H28N4O3. The molecule has 2 N–H and O–H groups in total. The number of rotatable bonds is 7. The van der Waals surface area contributed by atoms with Crippen LogP contribution in [0.15, 0.2) is 53.1 Å². The molecule has 0 saturated carbocycles.